The highest BCUT2D eigenvalue weighted by molar-refractivity contribution is 9.10. The lowest BCUT2D eigenvalue weighted by atomic mass is 10.1. The van der Waals surface area contributed by atoms with Gasteiger partial charge in [0, 0.05) is 16.9 Å². The zero-order valence-corrected chi connectivity index (χ0v) is 16.9. The van der Waals surface area contributed by atoms with Crippen molar-refractivity contribution >= 4 is 43.4 Å². The molecule has 1 aromatic carbocycles. The summed E-state index contributed by atoms with van der Waals surface area (Å²) in [7, 11) is -1.44. The molecule has 1 aromatic rings. The average molecular weight is 460 g/mol. The summed E-state index contributed by atoms with van der Waals surface area (Å²) >= 11 is 3.10. The van der Waals surface area contributed by atoms with Crippen LogP contribution in [-0.4, -0.2) is 40.8 Å². The Morgan fingerprint density at radius 1 is 1.11 bits per heavy atom. The molecule has 0 radical (unpaired) electrons. The number of ether oxygens (including phenoxy) is 2. The Bertz CT molecular complexity index is 997. The number of halogens is 2. The van der Waals surface area contributed by atoms with Gasteiger partial charge >= 0.3 is 11.9 Å². The van der Waals surface area contributed by atoms with Gasteiger partial charge in [-0.15, -0.1) is 0 Å². The molecule has 0 N–H and O–H groups in total. The number of hydrogen-bond acceptors (Lipinski definition) is 7. The average Bonchev–Trinajstić information content (AvgIpc) is 2.83. The lowest BCUT2D eigenvalue weighted by molar-refractivity contribution is -0.139. The summed E-state index contributed by atoms with van der Waals surface area (Å²) in [6.07, 6.45) is 6.54. The minimum atomic E-state index is -3.69. The number of nitrogens with zero attached hydrogens (tertiary/aromatic N) is 1. The van der Waals surface area contributed by atoms with Crippen molar-refractivity contribution in [1.82, 2.24) is 0 Å². The van der Waals surface area contributed by atoms with Crippen molar-refractivity contribution in [3.63, 3.8) is 0 Å². The maximum atomic E-state index is 14.8. The Hall–Kier alpha value is -2.46. The first kappa shape index (κ1) is 20.8. The van der Waals surface area contributed by atoms with Crippen molar-refractivity contribution in [2.24, 2.45) is 0 Å². The molecular weight excluding hydrogens is 445 g/mol. The number of benzene rings is 1. The van der Waals surface area contributed by atoms with Gasteiger partial charge in [-0.25, -0.2) is 22.4 Å². The third kappa shape index (κ3) is 4.28. The van der Waals surface area contributed by atoms with Crippen LogP contribution in [0.3, 0.4) is 0 Å². The fourth-order valence-electron chi connectivity index (χ4n) is 2.34. The summed E-state index contributed by atoms with van der Waals surface area (Å²) < 4.78 is 47.8. The third-order valence-corrected chi connectivity index (χ3v) is 5.60. The Morgan fingerprint density at radius 3 is 2.30 bits per heavy atom. The molecule has 144 valence electrons. The fourth-order valence-corrected chi connectivity index (χ4v) is 4.28. The van der Waals surface area contributed by atoms with E-state index in [9.17, 15) is 22.4 Å². The number of allylic oxidation sites excluding steroid dienone is 2. The smallest absolute Gasteiger partial charge is 0.355 e. The van der Waals surface area contributed by atoms with E-state index in [0.717, 1.165) is 31.4 Å². The molecule has 7 nitrogen and oxygen atoms in total. The van der Waals surface area contributed by atoms with Gasteiger partial charge in [0.15, 0.2) is 9.84 Å². The van der Waals surface area contributed by atoms with E-state index in [2.05, 4.69) is 20.7 Å². The fraction of sp³-hybridized carbons (Fsp3) is 0.176. The summed E-state index contributed by atoms with van der Waals surface area (Å²) in [5.41, 5.74) is -0.611. The van der Waals surface area contributed by atoms with Crippen LogP contribution in [0.2, 0.25) is 0 Å². The van der Waals surface area contributed by atoms with Crippen molar-refractivity contribution < 1.29 is 31.9 Å². The van der Waals surface area contributed by atoms with Crippen LogP contribution in [0, 0.1) is 5.82 Å². The predicted octanol–water partition coefficient (Wildman–Crippen LogP) is 2.48. The van der Waals surface area contributed by atoms with Gasteiger partial charge in [-0.3, -0.25) is 0 Å². The molecule has 0 bridgehead atoms. The van der Waals surface area contributed by atoms with E-state index in [1.54, 1.807) is 0 Å². The van der Waals surface area contributed by atoms with Crippen molar-refractivity contribution in [3.8, 4) is 0 Å². The second-order valence-corrected chi connectivity index (χ2v) is 8.16. The van der Waals surface area contributed by atoms with E-state index in [-0.39, 0.29) is 26.3 Å². The van der Waals surface area contributed by atoms with Gasteiger partial charge in [0.1, 0.15) is 11.5 Å². The quantitative estimate of drug-likeness (QED) is 0.638. The Labute approximate surface area is 163 Å². The molecule has 0 spiro atoms. The standard InChI is InChI=1S/C17H15BrFNO6S/c1-25-16(21)10-6-4-5-7-20(15(10)17(22)26-2)13-8-11(18)14(9-12(13)19)27(3,23)24/h4-9H,1-3H3. The van der Waals surface area contributed by atoms with E-state index in [0.29, 0.717) is 0 Å². The summed E-state index contributed by atoms with van der Waals surface area (Å²) in [5.74, 6) is -2.65. The van der Waals surface area contributed by atoms with Crippen LogP contribution in [-0.2, 0) is 28.9 Å². The first-order chi connectivity index (χ1) is 12.6. The summed E-state index contributed by atoms with van der Waals surface area (Å²) in [4.78, 5) is 25.3. The monoisotopic (exact) mass is 459 g/mol. The lowest BCUT2D eigenvalue weighted by Crippen LogP contribution is -2.27. The topological polar surface area (TPSA) is 90.0 Å². The maximum Gasteiger partial charge on any atom is 0.355 e. The minimum absolute atomic E-state index is 0.0934. The third-order valence-electron chi connectivity index (χ3n) is 3.55. The van der Waals surface area contributed by atoms with E-state index in [1.165, 1.54) is 30.5 Å². The van der Waals surface area contributed by atoms with Gasteiger partial charge in [-0.2, -0.15) is 0 Å². The van der Waals surface area contributed by atoms with E-state index < -0.39 is 27.6 Å². The highest BCUT2D eigenvalue weighted by atomic mass is 79.9. The summed E-state index contributed by atoms with van der Waals surface area (Å²) in [6.45, 7) is 0. The second-order valence-electron chi connectivity index (χ2n) is 5.32. The normalized spacial score (nSPS) is 14.2. The van der Waals surface area contributed by atoms with Gasteiger partial charge in [0.2, 0.25) is 0 Å². The van der Waals surface area contributed by atoms with Crippen molar-refractivity contribution in [3.05, 3.63) is 58.1 Å². The van der Waals surface area contributed by atoms with Crippen LogP contribution in [0.5, 0.6) is 0 Å². The lowest BCUT2D eigenvalue weighted by Gasteiger charge is -2.24. The molecule has 1 aliphatic rings. The molecule has 0 amide bonds. The number of carbonyl (C=O) groups excluding carboxylic acids is 2. The summed E-state index contributed by atoms with van der Waals surface area (Å²) in [6, 6.07) is 2.02. The number of rotatable bonds is 4. The van der Waals surface area contributed by atoms with E-state index in [1.807, 2.05) is 0 Å². The highest BCUT2D eigenvalue weighted by Gasteiger charge is 2.29. The van der Waals surface area contributed by atoms with Crippen molar-refractivity contribution in [1.29, 1.82) is 0 Å². The molecule has 10 heteroatoms. The first-order valence-corrected chi connectivity index (χ1v) is 10.0. The van der Waals surface area contributed by atoms with Gasteiger partial charge in [0.05, 0.1) is 30.4 Å². The number of carbonyl (C=O) groups is 2. The minimum Gasteiger partial charge on any atom is -0.465 e. The Kier molecular flexibility index (Phi) is 6.22. The van der Waals surface area contributed by atoms with Crippen molar-refractivity contribution in [2.75, 3.05) is 25.4 Å². The molecule has 0 aliphatic carbocycles. The number of sulfone groups is 1. The van der Waals surface area contributed by atoms with Gasteiger partial charge in [-0.05, 0) is 40.2 Å². The maximum absolute atomic E-state index is 14.8. The van der Waals surface area contributed by atoms with E-state index in [4.69, 9.17) is 4.74 Å². The summed E-state index contributed by atoms with van der Waals surface area (Å²) in [5, 5.41) is 0. The molecule has 1 heterocycles. The van der Waals surface area contributed by atoms with Crippen LogP contribution in [0.4, 0.5) is 10.1 Å². The zero-order chi connectivity index (χ0) is 20.4. The zero-order valence-electron chi connectivity index (χ0n) is 14.5. The van der Waals surface area contributed by atoms with Gasteiger partial charge < -0.3 is 14.4 Å². The SMILES string of the molecule is COC(=O)C1=C(C(=O)OC)N(c2cc(Br)c(S(C)(=O)=O)cc2F)C=CC=C1. The van der Waals surface area contributed by atoms with E-state index >= 15 is 0 Å². The molecule has 1 aliphatic heterocycles. The number of methoxy groups -OCH3 is 2. The molecule has 0 fully saturated rings. The molecule has 0 atom stereocenters. The second kappa shape index (κ2) is 8.05. The highest BCUT2D eigenvalue weighted by Crippen LogP contribution is 2.34. The Morgan fingerprint density at radius 2 is 1.74 bits per heavy atom. The molecule has 0 aromatic heterocycles. The molecule has 2 rings (SSSR count). The van der Waals surface area contributed by atoms with Crippen LogP contribution < -0.4 is 4.90 Å². The molecule has 0 unspecified atom stereocenters. The number of anilines is 1. The van der Waals surface area contributed by atoms with Crippen LogP contribution in [0.1, 0.15) is 0 Å². The van der Waals surface area contributed by atoms with Crippen molar-refractivity contribution in [2.45, 2.75) is 4.90 Å². The molecular formula is C17H15BrFNO6S. The largest absolute Gasteiger partial charge is 0.465 e. The molecule has 0 saturated carbocycles. The molecule has 0 saturated heterocycles. The predicted molar refractivity (Wildman–Crippen MR) is 99.0 cm³/mol. The van der Waals surface area contributed by atoms with Gasteiger partial charge in [0.25, 0.3) is 0 Å². The van der Waals surface area contributed by atoms with Crippen LogP contribution in [0.15, 0.2) is 57.2 Å². The van der Waals surface area contributed by atoms with Gasteiger partial charge in [-0.1, -0.05) is 6.08 Å². The molecule has 27 heavy (non-hydrogen) atoms. The van der Waals surface area contributed by atoms with Crippen LogP contribution >= 0.6 is 15.9 Å². The first-order valence-electron chi connectivity index (χ1n) is 7.36. The Balaban J connectivity index is 2.77. The number of esters is 2. The number of hydrogen-bond donors (Lipinski definition) is 0. The van der Waals surface area contributed by atoms with Crippen LogP contribution in [0.25, 0.3) is 0 Å².